The second-order valence-electron chi connectivity index (χ2n) is 10.8. The van der Waals surface area contributed by atoms with Crippen LogP contribution in [0.3, 0.4) is 0 Å². The summed E-state index contributed by atoms with van der Waals surface area (Å²) in [5, 5.41) is 0.568. The zero-order valence-electron chi connectivity index (χ0n) is 23.1. The number of hydrogen-bond donors (Lipinski definition) is 0. The summed E-state index contributed by atoms with van der Waals surface area (Å²) >= 11 is 6.18. The highest BCUT2D eigenvalue weighted by Crippen LogP contribution is 2.40. The van der Waals surface area contributed by atoms with Gasteiger partial charge in [-0.25, -0.2) is 17.2 Å². The first kappa shape index (κ1) is 31.2. The van der Waals surface area contributed by atoms with Gasteiger partial charge in [-0.1, -0.05) is 35.9 Å². The molecule has 0 unspecified atom stereocenters. The zero-order valence-corrected chi connectivity index (χ0v) is 24.7. The normalized spacial score (nSPS) is 20.3. The van der Waals surface area contributed by atoms with Crippen molar-refractivity contribution in [3.05, 3.63) is 94.0 Å². The summed E-state index contributed by atoms with van der Waals surface area (Å²) in [7, 11) is -4.68. The minimum Gasteiger partial charge on any atom is -0.368 e. The van der Waals surface area contributed by atoms with E-state index in [9.17, 15) is 35.2 Å². The Bertz CT molecular complexity index is 1630. The molecule has 2 fully saturated rings. The summed E-state index contributed by atoms with van der Waals surface area (Å²) in [6.45, 7) is 2.71. The van der Waals surface area contributed by atoms with Crippen LogP contribution in [0.5, 0.6) is 0 Å². The molecule has 3 aromatic carbocycles. The summed E-state index contributed by atoms with van der Waals surface area (Å²) in [6.07, 6.45) is -4.97. The van der Waals surface area contributed by atoms with Gasteiger partial charge in [0.05, 0.1) is 16.4 Å². The van der Waals surface area contributed by atoms with Gasteiger partial charge in [0.25, 0.3) is 0 Å². The van der Waals surface area contributed by atoms with Gasteiger partial charge in [0.15, 0.2) is 0 Å². The molecule has 0 aromatic heterocycles. The van der Waals surface area contributed by atoms with E-state index in [0.717, 1.165) is 33.8 Å². The fourth-order valence-electron chi connectivity index (χ4n) is 5.96. The second-order valence-corrected chi connectivity index (χ2v) is 13.1. The maximum atomic E-state index is 15.0. The van der Waals surface area contributed by atoms with Gasteiger partial charge in [0.2, 0.25) is 15.9 Å². The van der Waals surface area contributed by atoms with Gasteiger partial charge in [-0.15, -0.1) is 0 Å². The van der Waals surface area contributed by atoms with Crippen LogP contribution in [0.15, 0.2) is 65.6 Å². The molecule has 2 saturated heterocycles. The number of carbonyl (C=O) groups is 1. The van der Waals surface area contributed by atoms with Gasteiger partial charge in [-0.05, 0) is 54.8 Å². The number of sulfonamides is 1. The first-order valence-corrected chi connectivity index (χ1v) is 15.5. The van der Waals surface area contributed by atoms with Crippen LogP contribution >= 0.6 is 11.6 Å². The molecule has 43 heavy (non-hydrogen) atoms. The predicted octanol–water partition coefficient (Wildman–Crippen LogP) is 6.09. The molecule has 13 heteroatoms. The van der Waals surface area contributed by atoms with Crippen molar-refractivity contribution in [2.45, 2.75) is 30.3 Å². The predicted molar refractivity (Wildman–Crippen MR) is 152 cm³/mol. The number of nitrogens with zero attached hydrogens (tertiary/aromatic N) is 3. The highest BCUT2D eigenvalue weighted by molar-refractivity contribution is 7.89. The van der Waals surface area contributed by atoms with E-state index in [4.69, 9.17) is 11.6 Å². The van der Waals surface area contributed by atoms with Gasteiger partial charge in [0.1, 0.15) is 11.6 Å². The number of halogens is 6. The van der Waals surface area contributed by atoms with E-state index in [1.807, 2.05) is 19.1 Å². The molecule has 6 nitrogen and oxygen atoms in total. The number of anilines is 1. The van der Waals surface area contributed by atoms with E-state index >= 15 is 0 Å². The van der Waals surface area contributed by atoms with Crippen molar-refractivity contribution in [1.29, 1.82) is 0 Å². The van der Waals surface area contributed by atoms with E-state index in [1.165, 1.54) is 12.1 Å². The Morgan fingerprint density at radius 1 is 0.930 bits per heavy atom. The molecular weight excluding hydrogens is 613 g/mol. The van der Waals surface area contributed by atoms with Crippen LogP contribution in [-0.4, -0.2) is 62.8 Å². The summed E-state index contributed by atoms with van der Waals surface area (Å²) in [4.78, 5) is 16.7. The average molecular weight is 642 g/mol. The molecule has 5 rings (SSSR count). The monoisotopic (exact) mass is 641 g/mol. The van der Waals surface area contributed by atoms with Crippen molar-refractivity contribution in [2.75, 3.05) is 44.2 Å². The first-order chi connectivity index (χ1) is 20.3. The van der Waals surface area contributed by atoms with Crippen molar-refractivity contribution in [1.82, 2.24) is 9.21 Å². The number of benzene rings is 3. The Kier molecular flexibility index (Phi) is 8.75. The second kappa shape index (κ2) is 12.0. The first-order valence-electron chi connectivity index (χ1n) is 13.7. The quantitative estimate of drug-likeness (QED) is 0.317. The number of aryl methyl sites for hydroxylation is 1. The maximum Gasteiger partial charge on any atom is 0.417 e. The Labute approximate surface area is 251 Å². The minimum atomic E-state index is -4.92. The largest absolute Gasteiger partial charge is 0.417 e. The lowest BCUT2D eigenvalue weighted by atomic mass is 9.80. The standard InChI is InChI=1S/C30H29ClF5N3O3S/c1-19-6-7-20(31)16-27(19)37-12-14-38(15-13-37)29(40)24-18-39(11-10-22(24)23-9-8-21(32)17-26(23)33)43(41,42)28-5-3-2-4-25(28)30(34,35)36/h2-9,16-17,22,24H,10-15,18H2,1H3/t22-,24-/m0/s1. The number of carbonyl (C=O) groups excluding carboxylic acids is 1. The number of piperazine rings is 1. The number of piperidine rings is 1. The summed E-state index contributed by atoms with van der Waals surface area (Å²) in [5.74, 6) is -4.05. The fourth-order valence-corrected chi connectivity index (χ4v) is 7.81. The lowest BCUT2D eigenvalue weighted by Gasteiger charge is -2.42. The van der Waals surface area contributed by atoms with E-state index in [2.05, 4.69) is 4.90 Å². The SMILES string of the molecule is Cc1ccc(Cl)cc1N1CCN(C(=O)[C@H]2CN(S(=O)(=O)c3ccccc3C(F)(F)F)CC[C@H]2c2ccc(F)cc2F)CC1. The highest BCUT2D eigenvalue weighted by atomic mass is 35.5. The number of amides is 1. The number of alkyl halides is 3. The van der Waals surface area contributed by atoms with E-state index < -0.39 is 62.6 Å². The van der Waals surface area contributed by atoms with E-state index in [1.54, 1.807) is 11.0 Å². The number of hydrogen-bond acceptors (Lipinski definition) is 4. The van der Waals surface area contributed by atoms with Gasteiger partial charge < -0.3 is 9.80 Å². The van der Waals surface area contributed by atoms with Crippen molar-refractivity contribution in [3.8, 4) is 0 Å². The minimum absolute atomic E-state index is 0.0476. The Morgan fingerprint density at radius 3 is 2.30 bits per heavy atom. The van der Waals surface area contributed by atoms with Crippen molar-refractivity contribution in [2.24, 2.45) is 5.92 Å². The van der Waals surface area contributed by atoms with Crippen molar-refractivity contribution in [3.63, 3.8) is 0 Å². The molecule has 2 aliphatic rings. The van der Waals surface area contributed by atoms with Crippen LogP contribution in [0.1, 0.15) is 29.0 Å². The zero-order chi connectivity index (χ0) is 31.1. The molecule has 0 bridgehead atoms. The third-order valence-electron chi connectivity index (χ3n) is 8.17. The van der Waals surface area contributed by atoms with E-state index in [0.29, 0.717) is 30.2 Å². The molecule has 1 amide bonds. The third-order valence-corrected chi connectivity index (χ3v) is 10.3. The highest BCUT2D eigenvalue weighted by Gasteiger charge is 2.45. The summed E-state index contributed by atoms with van der Waals surface area (Å²) < 4.78 is 97.9. The van der Waals surface area contributed by atoms with Crippen LogP contribution in [0.4, 0.5) is 27.6 Å². The lowest BCUT2D eigenvalue weighted by Crippen LogP contribution is -2.54. The van der Waals surface area contributed by atoms with Crippen LogP contribution in [0.2, 0.25) is 5.02 Å². The average Bonchev–Trinajstić information content (AvgIpc) is 2.97. The Morgan fingerprint density at radius 2 is 1.63 bits per heavy atom. The Balaban J connectivity index is 1.44. The van der Waals surface area contributed by atoms with Crippen molar-refractivity contribution >= 4 is 33.2 Å². The lowest BCUT2D eigenvalue weighted by molar-refractivity contribution is -0.140. The van der Waals surface area contributed by atoms with Gasteiger partial charge >= 0.3 is 6.18 Å². The topological polar surface area (TPSA) is 60.9 Å². The van der Waals surface area contributed by atoms with Gasteiger partial charge in [-0.2, -0.15) is 17.5 Å². The van der Waals surface area contributed by atoms with Gasteiger partial charge in [-0.3, -0.25) is 4.79 Å². The molecule has 230 valence electrons. The maximum absolute atomic E-state index is 15.0. The molecule has 2 aliphatic heterocycles. The molecule has 0 radical (unpaired) electrons. The molecule has 0 saturated carbocycles. The van der Waals surface area contributed by atoms with Crippen LogP contribution in [0, 0.1) is 24.5 Å². The number of rotatable bonds is 5. The fraction of sp³-hybridized carbons (Fsp3) is 0.367. The molecular formula is C30H29ClF5N3O3S. The molecule has 0 aliphatic carbocycles. The third kappa shape index (κ3) is 6.37. The molecule has 0 spiro atoms. The van der Waals surface area contributed by atoms with E-state index in [-0.39, 0.29) is 31.6 Å². The smallest absolute Gasteiger partial charge is 0.368 e. The molecule has 3 aromatic rings. The molecule has 0 N–H and O–H groups in total. The Hall–Kier alpha value is -3.22. The van der Waals surface area contributed by atoms with Crippen LogP contribution < -0.4 is 4.90 Å². The molecule has 2 heterocycles. The van der Waals surface area contributed by atoms with Crippen molar-refractivity contribution < 1.29 is 35.2 Å². The van der Waals surface area contributed by atoms with Gasteiger partial charge in [0, 0.05) is 62.0 Å². The molecule has 2 atom stereocenters. The summed E-state index contributed by atoms with van der Waals surface area (Å²) in [6, 6.07) is 12.4. The van der Waals surface area contributed by atoms with Crippen LogP contribution in [0.25, 0.3) is 0 Å². The summed E-state index contributed by atoms with van der Waals surface area (Å²) in [5.41, 5.74) is 0.671. The van der Waals surface area contributed by atoms with Crippen LogP contribution in [-0.2, 0) is 21.0 Å².